The first-order valence-corrected chi connectivity index (χ1v) is 9.66. The Morgan fingerprint density at radius 2 is 1.81 bits per heavy atom. The fourth-order valence-corrected chi connectivity index (χ4v) is 3.51. The molecule has 0 amide bonds. The third-order valence-electron chi connectivity index (χ3n) is 4.09. The van der Waals surface area contributed by atoms with Crippen molar-refractivity contribution in [3.05, 3.63) is 81.7 Å². The Morgan fingerprint density at radius 3 is 2.45 bits per heavy atom. The predicted molar refractivity (Wildman–Crippen MR) is 112 cm³/mol. The van der Waals surface area contributed by atoms with E-state index in [0.717, 1.165) is 15.9 Å². The van der Waals surface area contributed by atoms with Crippen molar-refractivity contribution in [1.82, 2.24) is 19.7 Å². The molecule has 0 aliphatic carbocycles. The fraction of sp³-hybridized carbons (Fsp3) is 0. The van der Waals surface area contributed by atoms with Crippen molar-refractivity contribution in [2.45, 2.75) is 0 Å². The maximum absolute atomic E-state index is 13.1. The molecule has 31 heavy (non-hydrogen) atoms. The SMILES string of the molecule is O=C(O)c1ccc(N=c2sc(/C=N/c3ncn[nH]3)c(O)n2C(=O)c2ccccc2)cc1. The number of aromatic nitrogens is 4. The largest absolute Gasteiger partial charge is 0.493 e. The first kappa shape index (κ1) is 19.9. The van der Waals surface area contributed by atoms with Crippen LogP contribution in [0.15, 0.2) is 70.9 Å². The Kier molecular flexibility index (Phi) is 5.49. The van der Waals surface area contributed by atoms with E-state index in [2.05, 4.69) is 25.2 Å². The number of hydrogen-bond acceptors (Lipinski definition) is 8. The van der Waals surface area contributed by atoms with Gasteiger partial charge in [-0.25, -0.2) is 24.4 Å². The molecule has 154 valence electrons. The third kappa shape index (κ3) is 4.31. The molecule has 10 nitrogen and oxygen atoms in total. The second-order valence-corrected chi connectivity index (χ2v) is 7.12. The van der Waals surface area contributed by atoms with E-state index < -0.39 is 11.9 Å². The molecule has 3 N–H and O–H groups in total. The molecular formula is C20H14N6O4S. The highest BCUT2D eigenvalue weighted by Crippen LogP contribution is 2.22. The Morgan fingerprint density at radius 1 is 1.06 bits per heavy atom. The van der Waals surface area contributed by atoms with E-state index in [9.17, 15) is 14.7 Å². The van der Waals surface area contributed by atoms with Crippen molar-refractivity contribution in [3.8, 4) is 5.88 Å². The van der Waals surface area contributed by atoms with Crippen LogP contribution in [-0.2, 0) is 0 Å². The number of rotatable bonds is 5. The second-order valence-electron chi connectivity index (χ2n) is 6.11. The van der Waals surface area contributed by atoms with Crippen LogP contribution in [-0.4, -0.2) is 48.1 Å². The highest BCUT2D eigenvalue weighted by Gasteiger charge is 2.19. The molecule has 2 aromatic carbocycles. The molecule has 0 bridgehead atoms. The lowest BCUT2D eigenvalue weighted by molar-refractivity contribution is 0.0696. The number of aromatic hydroxyl groups is 1. The maximum atomic E-state index is 13.1. The number of carboxylic acids is 1. The zero-order valence-corrected chi connectivity index (χ0v) is 16.5. The van der Waals surface area contributed by atoms with E-state index >= 15 is 0 Å². The monoisotopic (exact) mass is 434 g/mol. The van der Waals surface area contributed by atoms with Crippen LogP contribution in [0.3, 0.4) is 0 Å². The normalized spacial score (nSPS) is 11.8. The lowest BCUT2D eigenvalue weighted by Crippen LogP contribution is -2.23. The molecule has 0 unspecified atom stereocenters. The van der Waals surface area contributed by atoms with E-state index in [1.165, 1.54) is 36.8 Å². The van der Waals surface area contributed by atoms with Gasteiger partial charge in [-0.15, -0.1) is 0 Å². The second kappa shape index (κ2) is 8.55. The lowest BCUT2D eigenvalue weighted by atomic mass is 10.2. The van der Waals surface area contributed by atoms with Gasteiger partial charge in [-0.05, 0) is 36.4 Å². The van der Waals surface area contributed by atoms with Crippen LogP contribution in [0.1, 0.15) is 25.6 Å². The molecule has 0 saturated carbocycles. The van der Waals surface area contributed by atoms with Gasteiger partial charge in [-0.1, -0.05) is 29.5 Å². The standard InChI is InChI=1S/C20H14N6O4S/c27-16(12-4-2-1-3-5-12)26-17(28)15(10-21-19-22-11-23-25-19)31-20(26)24-14-8-6-13(7-9-14)18(29)30/h1-11,28H,(H,29,30)(H,22,23,25)/b21-10+,24-20?. The Hall–Kier alpha value is -4.38. The van der Waals surface area contributed by atoms with E-state index in [1.54, 1.807) is 30.3 Å². The van der Waals surface area contributed by atoms with Crippen molar-refractivity contribution in [3.63, 3.8) is 0 Å². The number of nitrogens with one attached hydrogen (secondary N) is 1. The number of aromatic amines is 1. The summed E-state index contributed by atoms with van der Waals surface area (Å²) in [6.45, 7) is 0. The highest BCUT2D eigenvalue weighted by atomic mass is 32.1. The van der Waals surface area contributed by atoms with E-state index in [1.807, 2.05) is 0 Å². The Bertz CT molecular complexity index is 1320. The van der Waals surface area contributed by atoms with Gasteiger partial charge in [0.05, 0.1) is 17.5 Å². The molecule has 0 radical (unpaired) electrons. The number of hydrogen-bond donors (Lipinski definition) is 3. The molecule has 0 aliphatic rings. The lowest BCUT2D eigenvalue weighted by Gasteiger charge is -2.04. The molecule has 0 atom stereocenters. The van der Waals surface area contributed by atoms with Gasteiger partial charge in [0.25, 0.3) is 5.91 Å². The molecule has 11 heteroatoms. The van der Waals surface area contributed by atoms with E-state index in [0.29, 0.717) is 11.3 Å². The van der Waals surface area contributed by atoms with Crippen LogP contribution in [0.5, 0.6) is 5.88 Å². The minimum atomic E-state index is -1.06. The van der Waals surface area contributed by atoms with Gasteiger partial charge in [0.2, 0.25) is 16.6 Å². The number of H-pyrrole nitrogens is 1. The topological polar surface area (TPSA) is 146 Å². The molecule has 0 aliphatic heterocycles. The van der Waals surface area contributed by atoms with Crippen LogP contribution in [0, 0.1) is 0 Å². The smallest absolute Gasteiger partial charge is 0.335 e. The van der Waals surface area contributed by atoms with E-state index in [-0.39, 0.29) is 27.1 Å². The van der Waals surface area contributed by atoms with E-state index in [4.69, 9.17) is 5.11 Å². The van der Waals surface area contributed by atoms with Gasteiger partial charge in [0.1, 0.15) is 11.2 Å². The van der Waals surface area contributed by atoms with Crippen LogP contribution in [0.4, 0.5) is 11.6 Å². The van der Waals surface area contributed by atoms with Gasteiger partial charge < -0.3 is 10.2 Å². The summed E-state index contributed by atoms with van der Waals surface area (Å²) in [5.41, 5.74) is 0.887. The van der Waals surface area contributed by atoms with Gasteiger partial charge >= 0.3 is 5.97 Å². The van der Waals surface area contributed by atoms with Crippen LogP contribution in [0.25, 0.3) is 0 Å². The van der Waals surface area contributed by atoms with Crippen LogP contribution in [0.2, 0.25) is 0 Å². The van der Waals surface area contributed by atoms with Crippen molar-refractivity contribution >= 4 is 41.1 Å². The number of thiazole rings is 1. The summed E-state index contributed by atoms with van der Waals surface area (Å²) in [5.74, 6) is -1.63. The van der Waals surface area contributed by atoms with Gasteiger partial charge in [-0.3, -0.25) is 4.79 Å². The summed E-state index contributed by atoms with van der Waals surface area (Å²) < 4.78 is 1.08. The quantitative estimate of drug-likeness (QED) is 0.412. The number of aliphatic imine (C=N–C) groups is 1. The molecule has 0 fully saturated rings. The molecule has 0 spiro atoms. The number of carboxylic acid groups (broad SMARTS) is 1. The summed E-state index contributed by atoms with van der Waals surface area (Å²) in [6, 6.07) is 14.3. The number of carbonyl (C=O) groups excluding carboxylic acids is 1. The molecule has 0 saturated heterocycles. The van der Waals surface area contributed by atoms with Gasteiger partial charge in [0, 0.05) is 5.56 Å². The molecule has 2 heterocycles. The minimum Gasteiger partial charge on any atom is -0.493 e. The number of aromatic carboxylic acids is 1. The molecule has 4 rings (SSSR count). The average molecular weight is 434 g/mol. The van der Waals surface area contributed by atoms with Gasteiger partial charge in [-0.2, -0.15) is 10.1 Å². The average Bonchev–Trinajstić information content (AvgIpc) is 3.41. The van der Waals surface area contributed by atoms with Crippen molar-refractivity contribution in [2.75, 3.05) is 0 Å². The first-order chi connectivity index (χ1) is 15.0. The summed E-state index contributed by atoms with van der Waals surface area (Å²) in [4.78, 5) is 37.0. The van der Waals surface area contributed by atoms with Crippen molar-refractivity contribution in [1.29, 1.82) is 0 Å². The molecular weight excluding hydrogens is 420 g/mol. The maximum Gasteiger partial charge on any atom is 0.335 e. The number of benzene rings is 2. The predicted octanol–water partition coefficient (Wildman–Crippen LogP) is 2.74. The highest BCUT2D eigenvalue weighted by molar-refractivity contribution is 7.11. The molecule has 4 aromatic rings. The Labute approximate surface area is 178 Å². The minimum absolute atomic E-state index is 0.112. The zero-order chi connectivity index (χ0) is 21.8. The molecule has 2 aromatic heterocycles. The fourth-order valence-electron chi connectivity index (χ4n) is 2.61. The van der Waals surface area contributed by atoms with Gasteiger partial charge in [0.15, 0.2) is 0 Å². The number of nitrogens with zero attached hydrogens (tertiary/aromatic N) is 5. The summed E-state index contributed by atoms with van der Waals surface area (Å²) >= 11 is 1.03. The Balaban J connectivity index is 1.83. The zero-order valence-electron chi connectivity index (χ0n) is 15.7. The first-order valence-electron chi connectivity index (χ1n) is 8.85. The summed E-state index contributed by atoms with van der Waals surface area (Å²) in [6.07, 6.45) is 2.64. The third-order valence-corrected chi connectivity index (χ3v) is 5.06. The number of carbonyl (C=O) groups is 2. The summed E-state index contributed by atoms with van der Waals surface area (Å²) in [7, 11) is 0. The summed E-state index contributed by atoms with van der Waals surface area (Å²) in [5, 5.41) is 26.1. The van der Waals surface area contributed by atoms with Crippen LogP contribution < -0.4 is 4.80 Å². The van der Waals surface area contributed by atoms with Crippen molar-refractivity contribution in [2.24, 2.45) is 9.98 Å². The van der Waals surface area contributed by atoms with Crippen LogP contribution >= 0.6 is 11.3 Å². The van der Waals surface area contributed by atoms with Crippen molar-refractivity contribution < 1.29 is 19.8 Å².